The molecule has 0 amide bonds. The second kappa shape index (κ2) is 10.8. The van der Waals surface area contributed by atoms with Gasteiger partial charge in [0, 0.05) is 11.5 Å². The van der Waals surface area contributed by atoms with Gasteiger partial charge >= 0.3 is 0 Å². The standard InChI is InChI=1S/C26H30Cl2N2OSi/c1-6-13-21(22-24(27)29-18(2)30-25(22)28)23(26(3,4)5)31-32(19-14-9-7-10-15-19)20-16-11-8-12-17-20/h6-12,14-17,21,23,32H,1,13H2,2-5H3. The lowest BCUT2D eigenvalue weighted by Gasteiger charge is -2.40. The van der Waals surface area contributed by atoms with Gasteiger partial charge in [0.15, 0.2) is 0 Å². The molecule has 0 fully saturated rings. The molecule has 0 bridgehead atoms. The number of benzene rings is 2. The number of hydrogen-bond donors (Lipinski definition) is 0. The zero-order chi connectivity index (χ0) is 23.3. The Balaban J connectivity index is 2.12. The number of rotatable bonds is 8. The maximum atomic E-state index is 7.11. The summed E-state index contributed by atoms with van der Waals surface area (Å²) >= 11 is 13.2. The fourth-order valence-electron chi connectivity index (χ4n) is 4.05. The first-order chi connectivity index (χ1) is 15.2. The van der Waals surface area contributed by atoms with E-state index in [-0.39, 0.29) is 17.4 Å². The number of allylic oxidation sites excluding steroid dienone is 1. The molecule has 0 aliphatic heterocycles. The monoisotopic (exact) mass is 484 g/mol. The molecule has 2 atom stereocenters. The third kappa shape index (κ3) is 5.87. The van der Waals surface area contributed by atoms with Crippen molar-refractivity contribution in [1.29, 1.82) is 0 Å². The van der Waals surface area contributed by atoms with Gasteiger partial charge in [-0.2, -0.15) is 0 Å². The van der Waals surface area contributed by atoms with E-state index in [1.54, 1.807) is 6.92 Å². The highest BCUT2D eigenvalue weighted by molar-refractivity contribution is 6.80. The van der Waals surface area contributed by atoms with E-state index in [0.717, 1.165) is 5.56 Å². The first-order valence-corrected chi connectivity index (χ1v) is 13.2. The predicted molar refractivity (Wildman–Crippen MR) is 138 cm³/mol. The molecule has 0 saturated heterocycles. The lowest BCUT2D eigenvalue weighted by molar-refractivity contribution is 0.0639. The smallest absolute Gasteiger partial charge is 0.240 e. The van der Waals surface area contributed by atoms with Crippen LogP contribution in [-0.2, 0) is 4.43 Å². The molecule has 0 aliphatic carbocycles. The molecule has 168 valence electrons. The van der Waals surface area contributed by atoms with E-state index in [1.165, 1.54) is 10.4 Å². The highest BCUT2D eigenvalue weighted by atomic mass is 35.5. The first-order valence-electron chi connectivity index (χ1n) is 10.8. The molecule has 2 aromatic carbocycles. The van der Waals surface area contributed by atoms with Crippen LogP contribution in [-0.4, -0.2) is 25.1 Å². The van der Waals surface area contributed by atoms with E-state index in [9.17, 15) is 0 Å². The molecular formula is C26H30Cl2N2OSi. The average molecular weight is 486 g/mol. The zero-order valence-corrected chi connectivity index (χ0v) is 21.7. The maximum absolute atomic E-state index is 7.11. The lowest BCUT2D eigenvalue weighted by Crippen LogP contribution is -2.51. The quantitative estimate of drug-likeness (QED) is 0.233. The van der Waals surface area contributed by atoms with Gasteiger partial charge in [-0.05, 0) is 29.1 Å². The van der Waals surface area contributed by atoms with Gasteiger partial charge in [-0.3, -0.25) is 0 Å². The summed E-state index contributed by atoms with van der Waals surface area (Å²) in [5.74, 6) is 0.422. The van der Waals surface area contributed by atoms with E-state index in [4.69, 9.17) is 27.6 Å². The maximum Gasteiger partial charge on any atom is 0.240 e. The van der Waals surface area contributed by atoms with Gasteiger partial charge < -0.3 is 4.43 Å². The molecule has 6 heteroatoms. The van der Waals surface area contributed by atoms with Crippen LogP contribution in [0, 0.1) is 12.3 Å². The molecule has 0 saturated carbocycles. The zero-order valence-electron chi connectivity index (χ0n) is 19.1. The largest absolute Gasteiger partial charge is 0.407 e. The molecule has 0 radical (unpaired) electrons. The predicted octanol–water partition coefficient (Wildman–Crippen LogP) is 5.72. The van der Waals surface area contributed by atoms with E-state index >= 15 is 0 Å². The second-order valence-electron chi connectivity index (χ2n) is 9.02. The van der Waals surface area contributed by atoms with Crippen LogP contribution >= 0.6 is 23.2 Å². The Hall–Kier alpha value is -1.98. The van der Waals surface area contributed by atoms with Crippen molar-refractivity contribution in [3.63, 3.8) is 0 Å². The van der Waals surface area contributed by atoms with Crippen molar-refractivity contribution in [1.82, 2.24) is 9.97 Å². The van der Waals surface area contributed by atoms with Gasteiger partial charge in [-0.1, -0.05) is 111 Å². The van der Waals surface area contributed by atoms with Crippen molar-refractivity contribution in [3.05, 3.63) is 95.0 Å². The van der Waals surface area contributed by atoms with E-state index in [0.29, 0.717) is 22.6 Å². The van der Waals surface area contributed by atoms with Crippen LogP contribution in [0.5, 0.6) is 0 Å². The van der Waals surface area contributed by atoms with Crippen LogP contribution in [0.15, 0.2) is 73.3 Å². The van der Waals surface area contributed by atoms with E-state index < -0.39 is 9.04 Å². The molecule has 1 heterocycles. The summed E-state index contributed by atoms with van der Waals surface area (Å²) < 4.78 is 7.11. The van der Waals surface area contributed by atoms with Crippen LogP contribution < -0.4 is 10.4 Å². The van der Waals surface area contributed by atoms with Gasteiger partial charge in [0.1, 0.15) is 16.1 Å². The van der Waals surface area contributed by atoms with Crippen LogP contribution in [0.1, 0.15) is 44.5 Å². The second-order valence-corrected chi connectivity index (χ2v) is 12.1. The molecule has 2 unspecified atom stereocenters. The van der Waals surface area contributed by atoms with Crippen LogP contribution in [0.4, 0.5) is 0 Å². The molecular weight excluding hydrogens is 455 g/mol. The van der Waals surface area contributed by atoms with Gasteiger partial charge in [-0.25, -0.2) is 9.97 Å². The number of halogens is 2. The lowest BCUT2D eigenvalue weighted by atomic mass is 9.77. The summed E-state index contributed by atoms with van der Waals surface area (Å²) in [5, 5.41) is 3.21. The van der Waals surface area contributed by atoms with Gasteiger partial charge in [-0.15, -0.1) is 6.58 Å². The minimum absolute atomic E-state index is 0.129. The Kier molecular flexibility index (Phi) is 8.29. The highest BCUT2D eigenvalue weighted by Crippen LogP contribution is 2.41. The molecule has 0 N–H and O–H groups in total. The van der Waals surface area contributed by atoms with Gasteiger partial charge in [0.05, 0.1) is 6.10 Å². The molecule has 0 aliphatic rings. The van der Waals surface area contributed by atoms with Crippen molar-refractivity contribution >= 4 is 42.6 Å². The molecule has 1 aromatic heterocycles. The first kappa shape index (κ1) is 24.7. The fraction of sp³-hybridized carbons (Fsp3) is 0.308. The van der Waals surface area contributed by atoms with Crippen LogP contribution in [0.3, 0.4) is 0 Å². The molecule has 0 spiro atoms. The third-order valence-corrected chi connectivity index (χ3v) is 8.58. The number of nitrogens with zero attached hydrogens (tertiary/aromatic N) is 2. The summed E-state index contributed by atoms with van der Waals surface area (Å²) in [7, 11) is -2.02. The summed E-state index contributed by atoms with van der Waals surface area (Å²) in [6.07, 6.45) is 2.36. The minimum atomic E-state index is -2.02. The minimum Gasteiger partial charge on any atom is -0.407 e. The summed E-state index contributed by atoms with van der Waals surface area (Å²) in [5.41, 5.74) is 0.535. The Morgan fingerprint density at radius 1 is 0.938 bits per heavy atom. The van der Waals surface area contributed by atoms with Gasteiger partial charge in [0.25, 0.3) is 0 Å². The average Bonchev–Trinajstić information content (AvgIpc) is 2.74. The van der Waals surface area contributed by atoms with Crippen molar-refractivity contribution in [2.24, 2.45) is 5.41 Å². The number of hydrogen-bond acceptors (Lipinski definition) is 3. The van der Waals surface area contributed by atoms with Gasteiger partial charge in [0.2, 0.25) is 9.04 Å². The number of aryl methyl sites for hydroxylation is 1. The normalized spacial score (nSPS) is 13.7. The van der Waals surface area contributed by atoms with Crippen molar-refractivity contribution in [3.8, 4) is 0 Å². The Morgan fingerprint density at radius 3 is 1.81 bits per heavy atom. The van der Waals surface area contributed by atoms with Crippen LogP contribution in [0.2, 0.25) is 10.3 Å². The summed E-state index contributed by atoms with van der Waals surface area (Å²) in [6, 6.07) is 20.9. The Morgan fingerprint density at radius 2 is 1.41 bits per heavy atom. The molecule has 32 heavy (non-hydrogen) atoms. The number of aromatic nitrogens is 2. The Labute approximate surface area is 203 Å². The van der Waals surface area contributed by atoms with Crippen molar-refractivity contribution in [2.75, 3.05) is 0 Å². The van der Waals surface area contributed by atoms with Crippen molar-refractivity contribution in [2.45, 2.75) is 46.1 Å². The SMILES string of the molecule is C=CCC(c1c(Cl)nc(C)nc1Cl)C(O[SiH](c1ccccc1)c1ccccc1)C(C)(C)C. The molecule has 3 nitrogen and oxygen atoms in total. The summed E-state index contributed by atoms with van der Waals surface area (Å²) in [4.78, 5) is 8.78. The van der Waals surface area contributed by atoms with E-state index in [1.807, 2.05) is 18.2 Å². The summed E-state index contributed by atoms with van der Waals surface area (Å²) in [6.45, 7) is 12.3. The highest BCUT2D eigenvalue weighted by Gasteiger charge is 2.39. The van der Waals surface area contributed by atoms with Crippen LogP contribution in [0.25, 0.3) is 0 Å². The molecule has 3 aromatic rings. The Bertz CT molecular complexity index is 976. The fourth-order valence-corrected chi connectivity index (χ4v) is 7.53. The molecule has 3 rings (SSSR count). The van der Waals surface area contributed by atoms with E-state index in [2.05, 4.69) is 85.8 Å². The topological polar surface area (TPSA) is 35.0 Å². The third-order valence-electron chi connectivity index (χ3n) is 5.46. The van der Waals surface area contributed by atoms with Crippen molar-refractivity contribution < 1.29 is 4.43 Å².